The molecule has 104 valence electrons. The van der Waals surface area contributed by atoms with E-state index in [0.717, 1.165) is 26.1 Å². The average molecular weight is 335 g/mol. The second-order valence-electron chi connectivity index (χ2n) is 4.32. The van der Waals surface area contributed by atoms with Crippen LogP contribution in [0.4, 0.5) is 0 Å². The normalized spacial score (nSPS) is 11.3. The van der Waals surface area contributed by atoms with Crippen molar-refractivity contribution < 1.29 is 0 Å². The molecule has 0 N–H and O–H groups in total. The van der Waals surface area contributed by atoms with Crippen molar-refractivity contribution in [2.75, 3.05) is 0 Å². The summed E-state index contributed by atoms with van der Waals surface area (Å²) in [4.78, 5) is 1.70. The molecule has 0 aliphatic heterocycles. The van der Waals surface area contributed by atoms with Crippen molar-refractivity contribution in [2.24, 2.45) is 0 Å². The maximum absolute atomic E-state index is 5.91. The first kappa shape index (κ1) is 12.8. The summed E-state index contributed by atoms with van der Waals surface area (Å²) in [5, 5.41) is 18.5. The first-order chi connectivity index (χ1) is 10.2. The highest BCUT2D eigenvalue weighted by atomic mass is 35.5. The van der Waals surface area contributed by atoms with Gasteiger partial charge in [-0.1, -0.05) is 27.4 Å². The molecule has 0 bridgehead atoms. The Labute approximate surface area is 132 Å². The van der Waals surface area contributed by atoms with E-state index in [1.165, 1.54) is 22.9 Å². The number of rotatable bonds is 2. The Morgan fingerprint density at radius 3 is 2.62 bits per heavy atom. The monoisotopic (exact) mass is 334 g/mol. The summed E-state index contributed by atoms with van der Waals surface area (Å²) in [6.45, 7) is 1.92. The van der Waals surface area contributed by atoms with Gasteiger partial charge in [0, 0.05) is 10.6 Å². The number of benzene rings is 1. The summed E-state index contributed by atoms with van der Waals surface area (Å²) < 4.78 is 5.68. The third-order valence-corrected chi connectivity index (χ3v) is 5.07. The number of halogens is 1. The van der Waals surface area contributed by atoms with Crippen molar-refractivity contribution in [3.05, 3.63) is 35.0 Å². The number of hydrogen-bond acceptors (Lipinski definition) is 7. The second kappa shape index (κ2) is 4.83. The molecule has 0 spiro atoms. The summed E-state index contributed by atoms with van der Waals surface area (Å²) >= 11 is 8.71. The highest BCUT2D eigenvalue weighted by molar-refractivity contribution is 7.23. The topological polar surface area (TPSA) is 68.9 Å². The van der Waals surface area contributed by atoms with Crippen LogP contribution in [0, 0.1) is 6.92 Å². The fraction of sp³-hybridized carbons (Fsp3) is 0.0833. The van der Waals surface area contributed by atoms with E-state index in [1.807, 2.05) is 31.2 Å². The predicted molar refractivity (Wildman–Crippen MR) is 82.7 cm³/mol. The van der Waals surface area contributed by atoms with Gasteiger partial charge >= 0.3 is 0 Å². The molecule has 9 heteroatoms. The average Bonchev–Trinajstić information content (AvgIpc) is 3.14. The van der Waals surface area contributed by atoms with Gasteiger partial charge in [-0.15, -0.1) is 15.3 Å². The fourth-order valence-electron chi connectivity index (χ4n) is 1.92. The van der Waals surface area contributed by atoms with Crippen LogP contribution in [0.15, 0.2) is 24.3 Å². The standard InChI is InChI=1S/C12H7ClN6S2/c1-6-9(21-18-14-6)11-17-19-10(15-16-12(19)20-11)7-2-4-8(13)5-3-7/h2-5H,1H3. The molecule has 0 unspecified atom stereocenters. The van der Waals surface area contributed by atoms with Crippen LogP contribution in [0.1, 0.15) is 5.69 Å². The molecular formula is C12H7ClN6S2. The minimum absolute atomic E-state index is 0.685. The molecule has 6 nitrogen and oxygen atoms in total. The van der Waals surface area contributed by atoms with E-state index < -0.39 is 0 Å². The van der Waals surface area contributed by atoms with E-state index in [2.05, 4.69) is 24.9 Å². The molecule has 4 aromatic rings. The zero-order valence-corrected chi connectivity index (χ0v) is 13.1. The van der Waals surface area contributed by atoms with Crippen LogP contribution in [0.2, 0.25) is 5.02 Å². The minimum Gasteiger partial charge on any atom is -0.182 e. The summed E-state index contributed by atoms with van der Waals surface area (Å²) in [6, 6.07) is 7.44. The van der Waals surface area contributed by atoms with Crippen molar-refractivity contribution in [1.29, 1.82) is 0 Å². The van der Waals surface area contributed by atoms with Gasteiger partial charge in [-0.05, 0) is 42.7 Å². The quantitative estimate of drug-likeness (QED) is 0.562. The molecule has 21 heavy (non-hydrogen) atoms. The third kappa shape index (κ3) is 2.11. The molecular weight excluding hydrogens is 328 g/mol. The smallest absolute Gasteiger partial charge is 0.182 e. The molecule has 1 aromatic carbocycles. The van der Waals surface area contributed by atoms with Crippen LogP contribution in [-0.2, 0) is 0 Å². The van der Waals surface area contributed by atoms with Crippen LogP contribution < -0.4 is 0 Å². The fourth-order valence-corrected chi connectivity index (χ4v) is 3.65. The van der Waals surface area contributed by atoms with Gasteiger partial charge in [0.05, 0.1) is 5.69 Å². The van der Waals surface area contributed by atoms with Crippen molar-refractivity contribution in [3.63, 3.8) is 0 Å². The Balaban J connectivity index is 1.87. The lowest BCUT2D eigenvalue weighted by atomic mass is 10.2. The first-order valence-electron chi connectivity index (χ1n) is 6.00. The van der Waals surface area contributed by atoms with Crippen LogP contribution in [0.3, 0.4) is 0 Å². The second-order valence-corrected chi connectivity index (χ2v) is 6.47. The van der Waals surface area contributed by atoms with Gasteiger partial charge in [0.25, 0.3) is 0 Å². The van der Waals surface area contributed by atoms with Gasteiger partial charge in [-0.25, -0.2) is 0 Å². The Bertz CT molecular complexity index is 923. The van der Waals surface area contributed by atoms with Gasteiger partial charge in [-0.2, -0.15) is 9.61 Å². The highest BCUT2D eigenvalue weighted by Gasteiger charge is 2.17. The number of aryl methyl sites for hydroxylation is 1. The molecule has 0 fully saturated rings. The molecule has 0 atom stereocenters. The zero-order valence-electron chi connectivity index (χ0n) is 10.7. The lowest BCUT2D eigenvalue weighted by molar-refractivity contribution is 0.970. The van der Waals surface area contributed by atoms with E-state index in [4.69, 9.17) is 11.6 Å². The van der Waals surface area contributed by atoms with Crippen LogP contribution in [0.25, 0.3) is 26.2 Å². The summed E-state index contributed by atoms with van der Waals surface area (Å²) in [6.07, 6.45) is 0. The lowest BCUT2D eigenvalue weighted by Gasteiger charge is -1.96. The first-order valence-corrected chi connectivity index (χ1v) is 7.96. The van der Waals surface area contributed by atoms with Crippen LogP contribution >= 0.6 is 34.5 Å². The number of nitrogens with zero attached hydrogens (tertiary/aromatic N) is 6. The Kier molecular flexibility index (Phi) is 2.95. The summed E-state index contributed by atoms with van der Waals surface area (Å²) in [5.41, 5.74) is 1.79. The van der Waals surface area contributed by atoms with Gasteiger partial charge in [-0.3, -0.25) is 0 Å². The lowest BCUT2D eigenvalue weighted by Crippen LogP contribution is -1.90. The summed E-state index contributed by atoms with van der Waals surface area (Å²) in [5.74, 6) is 0.694. The SMILES string of the molecule is Cc1nnsc1-c1nn2c(-c3ccc(Cl)cc3)nnc2s1. The zero-order chi connectivity index (χ0) is 14.4. The van der Waals surface area contributed by atoms with E-state index in [0.29, 0.717) is 10.8 Å². The molecule has 0 aliphatic rings. The molecule has 3 heterocycles. The van der Waals surface area contributed by atoms with Gasteiger partial charge in [0.1, 0.15) is 4.88 Å². The minimum atomic E-state index is 0.685. The summed E-state index contributed by atoms with van der Waals surface area (Å²) in [7, 11) is 0. The molecule has 3 aromatic heterocycles. The van der Waals surface area contributed by atoms with E-state index >= 15 is 0 Å². The number of fused-ring (bicyclic) bond motifs is 1. The van der Waals surface area contributed by atoms with Crippen molar-refractivity contribution in [2.45, 2.75) is 6.92 Å². The molecule has 0 saturated heterocycles. The van der Waals surface area contributed by atoms with Crippen molar-refractivity contribution in [1.82, 2.24) is 29.4 Å². The molecule has 0 saturated carbocycles. The maximum Gasteiger partial charge on any atom is 0.235 e. The molecule has 0 aliphatic carbocycles. The molecule has 0 radical (unpaired) electrons. The maximum atomic E-state index is 5.91. The van der Waals surface area contributed by atoms with Crippen LogP contribution in [0.5, 0.6) is 0 Å². The van der Waals surface area contributed by atoms with Crippen molar-refractivity contribution >= 4 is 39.4 Å². The van der Waals surface area contributed by atoms with Gasteiger partial charge < -0.3 is 0 Å². The van der Waals surface area contributed by atoms with Crippen molar-refractivity contribution in [3.8, 4) is 21.3 Å². The third-order valence-electron chi connectivity index (χ3n) is 2.94. The van der Waals surface area contributed by atoms with E-state index in [1.54, 1.807) is 4.52 Å². The van der Waals surface area contributed by atoms with Crippen LogP contribution in [-0.4, -0.2) is 29.4 Å². The van der Waals surface area contributed by atoms with E-state index in [9.17, 15) is 0 Å². The van der Waals surface area contributed by atoms with E-state index in [-0.39, 0.29) is 0 Å². The number of aromatic nitrogens is 6. The van der Waals surface area contributed by atoms with Gasteiger partial charge in [0.15, 0.2) is 10.8 Å². The Morgan fingerprint density at radius 1 is 1.10 bits per heavy atom. The Hall–Kier alpha value is -1.90. The largest absolute Gasteiger partial charge is 0.235 e. The van der Waals surface area contributed by atoms with Gasteiger partial charge in [0.2, 0.25) is 4.96 Å². The highest BCUT2D eigenvalue weighted by Crippen LogP contribution is 2.31. The molecule has 4 rings (SSSR count). The molecule has 0 amide bonds. The Morgan fingerprint density at radius 2 is 1.90 bits per heavy atom. The number of hydrogen-bond donors (Lipinski definition) is 0. The predicted octanol–water partition coefficient (Wildman–Crippen LogP) is 3.33.